The monoisotopic (exact) mass is 358 g/mol. The van der Waals surface area contributed by atoms with E-state index in [9.17, 15) is 0 Å². The Kier molecular flexibility index (Phi) is 3.15. The lowest BCUT2D eigenvalue weighted by Crippen LogP contribution is -2.58. The Balaban J connectivity index is 1.69. The highest BCUT2D eigenvalue weighted by Gasteiger charge is 2.57. The van der Waals surface area contributed by atoms with Crippen molar-refractivity contribution in [2.75, 3.05) is 19.1 Å². The highest BCUT2D eigenvalue weighted by Crippen LogP contribution is 2.55. The molecule has 0 N–H and O–H groups in total. The van der Waals surface area contributed by atoms with E-state index in [-0.39, 0.29) is 5.41 Å². The number of likely N-dealkylation sites (N-methyl/N-ethyl adjacent to an activating group) is 1. The van der Waals surface area contributed by atoms with Crippen LogP contribution >= 0.6 is 0 Å². The number of hydrogen-bond acceptors (Lipinski definition) is 4. The number of anilines is 1. The number of rotatable bonds is 1. The molecule has 27 heavy (non-hydrogen) atoms. The highest BCUT2D eigenvalue weighted by molar-refractivity contribution is 5.92. The number of pyridine rings is 1. The molecule has 4 nitrogen and oxygen atoms in total. The summed E-state index contributed by atoms with van der Waals surface area (Å²) in [5.74, 6) is 1.75. The summed E-state index contributed by atoms with van der Waals surface area (Å²) >= 11 is 0. The Morgan fingerprint density at radius 2 is 1.96 bits per heavy atom. The second-order valence-corrected chi connectivity index (χ2v) is 7.75. The fraction of sp³-hybridized carbons (Fsp3) is 0.261. The quantitative estimate of drug-likeness (QED) is 0.627. The van der Waals surface area contributed by atoms with Gasteiger partial charge in [-0.1, -0.05) is 6.07 Å². The van der Waals surface area contributed by atoms with Crippen molar-refractivity contribution in [3.8, 4) is 11.5 Å². The van der Waals surface area contributed by atoms with Crippen molar-refractivity contribution >= 4 is 22.7 Å². The number of nitrogens with zero attached hydrogens (tertiary/aromatic N) is 2. The van der Waals surface area contributed by atoms with Gasteiger partial charge < -0.3 is 14.4 Å². The topological polar surface area (TPSA) is 34.6 Å². The van der Waals surface area contributed by atoms with Gasteiger partial charge in [0.25, 0.3) is 0 Å². The van der Waals surface area contributed by atoms with Crippen LogP contribution in [0.1, 0.15) is 25.0 Å². The normalized spacial score (nSPS) is 21.9. The van der Waals surface area contributed by atoms with E-state index in [0.717, 1.165) is 33.7 Å². The Hall–Kier alpha value is -3.01. The van der Waals surface area contributed by atoms with Crippen LogP contribution in [-0.2, 0) is 5.41 Å². The van der Waals surface area contributed by atoms with E-state index >= 15 is 0 Å². The average Bonchev–Trinajstić information content (AvgIpc) is 2.86. The number of aromatic nitrogens is 1. The fourth-order valence-corrected chi connectivity index (χ4v) is 4.56. The number of hydrogen-bond donors (Lipinski definition) is 0. The van der Waals surface area contributed by atoms with Crippen LogP contribution in [-0.4, -0.2) is 24.9 Å². The van der Waals surface area contributed by atoms with Gasteiger partial charge in [0.15, 0.2) is 0 Å². The van der Waals surface area contributed by atoms with Crippen molar-refractivity contribution in [1.29, 1.82) is 0 Å². The van der Waals surface area contributed by atoms with E-state index < -0.39 is 5.72 Å². The zero-order valence-corrected chi connectivity index (χ0v) is 16.0. The van der Waals surface area contributed by atoms with Crippen LogP contribution in [0.3, 0.4) is 0 Å². The van der Waals surface area contributed by atoms with Crippen LogP contribution < -0.4 is 14.4 Å². The Morgan fingerprint density at radius 3 is 2.78 bits per heavy atom. The lowest BCUT2D eigenvalue weighted by Gasteiger charge is -2.45. The number of benzene rings is 2. The molecule has 0 fully saturated rings. The third-order valence-corrected chi connectivity index (χ3v) is 6.16. The van der Waals surface area contributed by atoms with E-state index in [1.165, 1.54) is 5.56 Å². The standard InChI is InChI=1S/C23H22N2O2/c1-22(2)18-14-15(26-4)7-9-20(18)25(3)23(22)12-11-17-16-6-5-13-24-19(16)8-10-21(17)27-23/h5-14H,1-4H3. The maximum Gasteiger partial charge on any atom is 0.211 e. The van der Waals surface area contributed by atoms with Gasteiger partial charge in [-0.2, -0.15) is 0 Å². The van der Waals surface area contributed by atoms with Gasteiger partial charge in [0.2, 0.25) is 5.72 Å². The SMILES string of the molecule is COc1ccc2c(c1)C(C)(C)C1(C=Cc3c(ccc4ncccc34)O1)N2C. The minimum absolute atomic E-state index is 0.260. The molecule has 0 saturated heterocycles. The van der Waals surface area contributed by atoms with E-state index in [4.69, 9.17) is 9.47 Å². The maximum absolute atomic E-state index is 6.74. The van der Waals surface area contributed by atoms with Gasteiger partial charge in [-0.05, 0) is 68.0 Å². The zero-order valence-electron chi connectivity index (χ0n) is 16.0. The summed E-state index contributed by atoms with van der Waals surface area (Å²) in [5.41, 5.74) is 3.60. The van der Waals surface area contributed by atoms with E-state index in [1.54, 1.807) is 7.11 Å². The molecule has 1 unspecified atom stereocenters. The average molecular weight is 358 g/mol. The first-order chi connectivity index (χ1) is 13.0. The minimum Gasteiger partial charge on any atom is -0.497 e. The molecule has 4 heteroatoms. The molecule has 3 aromatic rings. The van der Waals surface area contributed by atoms with Crippen molar-refractivity contribution in [3.05, 3.63) is 65.9 Å². The molecule has 0 amide bonds. The summed E-state index contributed by atoms with van der Waals surface area (Å²) in [6, 6.07) is 14.4. The fourth-order valence-electron chi connectivity index (χ4n) is 4.56. The largest absolute Gasteiger partial charge is 0.497 e. The zero-order chi connectivity index (χ0) is 18.8. The first-order valence-corrected chi connectivity index (χ1v) is 9.16. The van der Waals surface area contributed by atoms with Gasteiger partial charge >= 0.3 is 0 Å². The van der Waals surface area contributed by atoms with Crippen LogP contribution in [0.25, 0.3) is 17.0 Å². The smallest absolute Gasteiger partial charge is 0.211 e. The molecule has 0 bridgehead atoms. The Labute approximate surface area is 159 Å². The van der Waals surface area contributed by atoms with Gasteiger partial charge in [0.1, 0.15) is 11.5 Å². The van der Waals surface area contributed by atoms with Gasteiger partial charge in [-0.15, -0.1) is 0 Å². The lowest BCUT2D eigenvalue weighted by molar-refractivity contribution is 0.0583. The van der Waals surface area contributed by atoms with Crippen molar-refractivity contribution in [1.82, 2.24) is 4.98 Å². The van der Waals surface area contributed by atoms with Crippen molar-refractivity contribution in [2.45, 2.75) is 25.0 Å². The molecule has 136 valence electrons. The highest BCUT2D eigenvalue weighted by atomic mass is 16.5. The molecule has 0 saturated carbocycles. The molecular formula is C23H22N2O2. The molecule has 2 aliphatic rings. The van der Waals surface area contributed by atoms with Crippen LogP contribution in [0, 0.1) is 0 Å². The summed E-state index contributed by atoms with van der Waals surface area (Å²) < 4.78 is 12.2. The molecule has 1 spiro atoms. The second kappa shape index (κ2) is 5.26. The maximum atomic E-state index is 6.74. The predicted octanol–water partition coefficient (Wildman–Crippen LogP) is 4.77. The van der Waals surface area contributed by atoms with Gasteiger partial charge in [0, 0.05) is 29.9 Å². The summed E-state index contributed by atoms with van der Waals surface area (Å²) in [6.07, 6.45) is 6.19. The molecule has 5 rings (SSSR count). The molecule has 2 aromatic carbocycles. The molecule has 0 radical (unpaired) electrons. The van der Waals surface area contributed by atoms with Crippen LogP contribution in [0.4, 0.5) is 5.69 Å². The van der Waals surface area contributed by atoms with Crippen LogP contribution in [0.5, 0.6) is 11.5 Å². The van der Waals surface area contributed by atoms with Gasteiger partial charge in [-0.3, -0.25) is 4.98 Å². The molecular weight excluding hydrogens is 336 g/mol. The Bertz CT molecular complexity index is 1100. The third kappa shape index (κ3) is 1.95. The molecule has 3 heterocycles. The first kappa shape index (κ1) is 16.2. The number of fused-ring (bicyclic) bond motifs is 4. The van der Waals surface area contributed by atoms with Crippen molar-refractivity contribution in [2.24, 2.45) is 0 Å². The second-order valence-electron chi connectivity index (χ2n) is 7.75. The molecule has 1 aromatic heterocycles. The summed E-state index contributed by atoms with van der Waals surface area (Å²) in [6.45, 7) is 4.46. The van der Waals surface area contributed by atoms with Crippen LogP contribution in [0.15, 0.2) is 54.7 Å². The van der Waals surface area contributed by atoms with Crippen molar-refractivity contribution in [3.63, 3.8) is 0 Å². The summed E-state index contributed by atoms with van der Waals surface area (Å²) in [4.78, 5) is 6.69. The predicted molar refractivity (Wildman–Crippen MR) is 109 cm³/mol. The van der Waals surface area contributed by atoms with E-state index in [0.29, 0.717) is 0 Å². The lowest BCUT2D eigenvalue weighted by atomic mass is 9.76. The number of methoxy groups -OCH3 is 1. The summed E-state index contributed by atoms with van der Waals surface area (Å²) in [5, 5.41) is 1.11. The van der Waals surface area contributed by atoms with E-state index in [2.05, 4.69) is 61.1 Å². The van der Waals surface area contributed by atoms with Gasteiger partial charge in [-0.25, -0.2) is 0 Å². The molecule has 2 aliphatic heterocycles. The molecule has 1 atom stereocenters. The van der Waals surface area contributed by atoms with Gasteiger partial charge in [0.05, 0.1) is 18.0 Å². The number of ether oxygens (including phenoxy) is 2. The Morgan fingerprint density at radius 1 is 1.11 bits per heavy atom. The van der Waals surface area contributed by atoms with Crippen LogP contribution in [0.2, 0.25) is 0 Å². The molecule has 0 aliphatic carbocycles. The summed E-state index contributed by atoms with van der Waals surface area (Å²) in [7, 11) is 3.80. The minimum atomic E-state index is -0.593. The van der Waals surface area contributed by atoms with Crippen molar-refractivity contribution < 1.29 is 9.47 Å². The third-order valence-electron chi connectivity index (χ3n) is 6.16. The first-order valence-electron chi connectivity index (χ1n) is 9.16. The van der Waals surface area contributed by atoms with E-state index in [1.807, 2.05) is 30.5 Å².